The zero-order valence-electron chi connectivity index (χ0n) is 13.8. The molecule has 0 fully saturated rings. The van der Waals surface area contributed by atoms with Gasteiger partial charge < -0.3 is 4.74 Å². The summed E-state index contributed by atoms with van der Waals surface area (Å²) in [5, 5.41) is 0.709. The molecule has 0 radical (unpaired) electrons. The van der Waals surface area contributed by atoms with Crippen molar-refractivity contribution in [3.8, 4) is 5.75 Å². The quantitative estimate of drug-likeness (QED) is 0.639. The van der Waals surface area contributed by atoms with Crippen LogP contribution >= 0.6 is 22.9 Å². The predicted molar refractivity (Wildman–Crippen MR) is 103 cm³/mol. The van der Waals surface area contributed by atoms with Crippen molar-refractivity contribution in [2.45, 2.75) is 18.2 Å². The highest BCUT2D eigenvalue weighted by atomic mass is 35.5. The first-order chi connectivity index (χ1) is 12.5. The molecule has 0 saturated carbocycles. The van der Waals surface area contributed by atoms with E-state index in [1.165, 1.54) is 17.4 Å². The van der Waals surface area contributed by atoms with E-state index in [0.29, 0.717) is 34.5 Å². The fourth-order valence-corrected chi connectivity index (χ4v) is 4.76. The van der Waals surface area contributed by atoms with Gasteiger partial charge in [0.25, 0.3) is 10.0 Å². The Balaban J connectivity index is 1.63. The number of rotatable bonds is 7. The van der Waals surface area contributed by atoms with Crippen LogP contribution in [0, 0.1) is 6.92 Å². The second-order valence-electron chi connectivity index (χ2n) is 5.39. The maximum Gasteiger partial charge on any atom is 0.263 e. The smallest absolute Gasteiger partial charge is 0.263 e. The third kappa shape index (κ3) is 4.51. The molecule has 6 nitrogen and oxygen atoms in total. The van der Waals surface area contributed by atoms with E-state index in [9.17, 15) is 8.42 Å². The van der Waals surface area contributed by atoms with Crippen LogP contribution in [0.3, 0.4) is 0 Å². The average Bonchev–Trinajstić information content (AvgIpc) is 3.04. The molecule has 0 aliphatic carbocycles. The van der Waals surface area contributed by atoms with Crippen molar-refractivity contribution in [3.05, 3.63) is 64.4 Å². The number of thiazole rings is 1. The van der Waals surface area contributed by atoms with Crippen molar-refractivity contribution in [2.24, 2.45) is 0 Å². The van der Waals surface area contributed by atoms with Crippen LogP contribution in [0.5, 0.6) is 5.75 Å². The Labute approximate surface area is 160 Å². The van der Waals surface area contributed by atoms with E-state index >= 15 is 0 Å². The number of hydrogen-bond acceptors (Lipinski definition) is 6. The summed E-state index contributed by atoms with van der Waals surface area (Å²) in [6.45, 7) is 2.12. The lowest BCUT2D eigenvalue weighted by atomic mass is 10.2. The van der Waals surface area contributed by atoms with Crippen molar-refractivity contribution in [2.75, 3.05) is 11.3 Å². The van der Waals surface area contributed by atoms with Crippen LogP contribution in [0.2, 0.25) is 5.02 Å². The van der Waals surface area contributed by atoms with Crippen LogP contribution in [-0.4, -0.2) is 25.0 Å². The third-order valence-corrected chi connectivity index (χ3v) is 6.53. The Morgan fingerprint density at radius 3 is 2.85 bits per heavy atom. The van der Waals surface area contributed by atoms with Crippen molar-refractivity contribution >= 4 is 38.1 Å². The van der Waals surface area contributed by atoms with Gasteiger partial charge in [-0.3, -0.25) is 9.71 Å². The van der Waals surface area contributed by atoms with Gasteiger partial charge in [0, 0.05) is 28.7 Å². The Morgan fingerprint density at radius 2 is 2.08 bits per heavy atom. The summed E-state index contributed by atoms with van der Waals surface area (Å²) in [6, 6.07) is 8.39. The lowest BCUT2D eigenvalue weighted by molar-refractivity contribution is 0.321. The van der Waals surface area contributed by atoms with Crippen molar-refractivity contribution in [1.29, 1.82) is 0 Å². The predicted octanol–water partition coefficient (Wildman–Crippen LogP) is 3.92. The topological polar surface area (TPSA) is 81.2 Å². The number of nitrogens with zero attached hydrogens (tertiary/aromatic N) is 2. The molecule has 0 saturated heterocycles. The van der Waals surface area contributed by atoms with Gasteiger partial charge in [-0.2, -0.15) is 0 Å². The summed E-state index contributed by atoms with van der Waals surface area (Å²) in [7, 11) is -3.74. The van der Waals surface area contributed by atoms with E-state index < -0.39 is 10.0 Å². The third-order valence-electron chi connectivity index (χ3n) is 3.53. The van der Waals surface area contributed by atoms with Crippen LogP contribution in [0.1, 0.15) is 10.4 Å². The van der Waals surface area contributed by atoms with Crippen LogP contribution in [-0.2, 0) is 16.4 Å². The number of halogens is 1. The van der Waals surface area contributed by atoms with Gasteiger partial charge in [-0.15, -0.1) is 11.3 Å². The standard InChI is InChI=1S/C17H16ClN3O3S2/c1-12-15(18)5-2-6-16(12)26(22,23)21-17-20-11-14(25-17)7-9-24-13-4-3-8-19-10-13/h2-6,8,10-11H,7,9H2,1H3,(H,20,21). The Bertz CT molecular complexity index is 991. The number of pyridine rings is 1. The van der Waals surface area contributed by atoms with Crippen LogP contribution < -0.4 is 9.46 Å². The number of anilines is 1. The number of ether oxygens (including phenoxy) is 1. The number of nitrogens with one attached hydrogen (secondary N) is 1. The maximum absolute atomic E-state index is 12.5. The van der Waals surface area contributed by atoms with Gasteiger partial charge in [-0.05, 0) is 36.8 Å². The van der Waals surface area contributed by atoms with Gasteiger partial charge in [0.15, 0.2) is 5.13 Å². The van der Waals surface area contributed by atoms with Gasteiger partial charge in [-0.25, -0.2) is 13.4 Å². The fraction of sp³-hybridized carbons (Fsp3) is 0.176. The Morgan fingerprint density at radius 1 is 1.23 bits per heavy atom. The molecule has 0 atom stereocenters. The molecule has 0 unspecified atom stereocenters. The monoisotopic (exact) mass is 409 g/mol. The molecular weight excluding hydrogens is 394 g/mol. The zero-order valence-corrected chi connectivity index (χ0v) is 16.2. The molecular formula is C17H16ClN3O3S2. The molecule has 2 aromatic heterocycles. The molecule has 1 N–H and O–H groups in total. The first-order valence-electron chi connectivity index (χ1n) is 7.71. The van der Waals surface area contributed by atoms with Gasteiger partial charge >= 0.3 is 0 Å². The minimum absolute atomic E-state index is 0.140. The molecule has 3 aromatic rings. The summed E-state index contributed by atoms with van der Waals surface area (Å²) in [6.07, 6.45) is 5.57. The molecule has 1 aromatic carbocycles. The number of sulfonamides is 1. The molecule has 0 aliphatic rings. The number of benzene rings is 1. The molecule has 2 heterocycles. The molecule has 9 heteroatoms. The highest BCUT2D eigenvalue weighted by Crippen LogP contribution is 2.26. The highest BCUT2D eigenvalue weighted by molar-refractivity contribution is 7.93. The van der Waals surface area contributed by atoms with E-state index in [-0.39, 0.29) is 4.90 Å². The summed E-state index contributed by atoms with van der Waals surface area (Å²) in [5.41, 5.74) is 0.503. The molecule has 3 rings (SSSR count). The lowest BCUT2D eigenvalue weighted by Crippen LogP contribution is -2.14. The van der Waals surface area contributed by atoms with Gasteiger partial charge in [0.1, 0.15) is 5.75 Å². The van der Waals surface area contributed by atoms with Crippen LogP contribution in [0.25, 0.3) is 0 Å². The van der Waals surface area contributed by atoms with Gasteiger partial charge in [-0.1, -0.05) is 17.7 Å². The summed E-state index contributed by atoms with van der Waals surface area (Å²) in [5.74, 6) is 0.689. The molecule has 0 amide bonds. The van der Waals surface area contributed by atoms with E-state index in [1.54, 1.807) is 43.7 Å². The zero-order chi connectivity index (χ0) is 18.6. The Kier molecular flexibility index (Phi) is 5.75. The summed E-state index contributed by atoms with van der Waals surface area (Å²) < 4.78 is 33.2. The summed E-state index contributed by atoms with van der Waals surface area (Å²) >= 11 is 7.28. The lowest BCUT2D eigenvalue weighted by Gasteiger charge is -2.09. The first-order valence-corrected chi connectivity index (χ1v) is 10.4. The van der Waals surface area contributed by atoms with Crippen molar-refractivity contribution < 1.29 is 13.2 Å². The molecule has 0 aliphatic heterocycles. The van der Waals surface area contributed by atoms with Crippen molar-refractivity contribution in [1.82, 2.24) is 9.97 Å². The van der Waals surface area contributed by atoms with Gasteiger partial charge in [0.2, 0.25) is 0 Å². The normalized spacial score (nSPS) is 11.3. The Hall–Kier alpha value is -2.16. The maximum atomic E-state index is 12.5. The van der Waals surface area contributed by atoms with E-state index in [0.717, 1.165) is 4.88 Å². The highest BCUT2D eigenvalue weighted by Gasteiger charge is 2.19. The van der Waals surface area contributed by atoms with Crippen molar-refractivity contribution in [3.63, 3.8) is 0 Å². The second kappa shape index (κ2) is 8.03. The number of aromatic nitrogens is 2. The largest absolute Gasteiger partial charge is 0.492 e. The minimum Gasteiger partial charge on any atom is -0.492 e. The minimum atomic E-state index is -3.74. The van der Waals surface area contributed by atoms with Crippen LogP contribution in [0.15, 0.2) is 53.8 Å². The van der Waals surface area contributed by atoms with E-state index in [2.05, 4.69) is 14.7 Å². The summed E-state index contributed by atoms with van der Waals surface area (Å²) in [4.78, 5) is 9.16. The first kappa shape index (κ1) is 18.6. The van der Waals surface area contributed by atoms with E-state index in [1.807, 2.05) is 6.07 Å². The molecule has 136 valence electrons. The molecule has 0 bridgehead atoms. The number of hydrogen-bond donors (Lipinski definition) is 1. The molecule has 0 spiro atoms. The average molecular weight is 410 g/mol. The molecule has 26 heavy (non-hydrogen) atoms. The van der Waals surface area contributed by atoms with Crippen LogP contribution in [0.4, 0.5) is 5.13 Å². The van der Waals surface area contributed by atoms with E-state index in [4.69, 9.17) is 16.3 Å². The SMILES string of the molecule is Cc1c(Cl)cccc1S(=O)(=O)Nc1ncc(CCOc2cccnc2)s1. The fourth-order valence-electron chi connectivity index (χ4n) is 2.22. The second-order valence-corrected chi connectivity index (χ2v) is 8.56. The van der Waals surface area contributed by atoms with Gasteiger partial charge in [0.05, 0.1) is 17.7 Å².